The number of carbonyl (C=O) groups is 1. The van der Waals surface area contributed by atoms with Crippen molar-refractivity contribution in [1.82, 2.24) is 0 Å². The third-order valence-electron chi connectivity index (χ3n) is 6.33. The van der Waals surface area contributed by atoms with E-state index in [9.17, 15) is 4.79 Å². The predicted molar refractivity (Wildman–Crippen MR) is 123 cm³/mol. The fourth-order valence-corrected chi connectivity index (χ4v) is 4.36. The second kappa shape index (κ2) is 18.2. The molecule has 0 saturated carbocycles. The van der Waals surface area contributed by atoms with Gasteiger partial charge in [-0.2, -0.15) is 0 Å². The lowest BCUT2D eigenvalue weighted by atomic mass is 9.98. The van der Waals surface area contributed by atoms with Crippen LogP contribution in [0.3, 0.4) is 0 Å². The molecule has 0 amide bonds. The molecular formula is C26H50O3. The number of rotatable bonds is 19. The van der Waals surface area contributed by atoms with Gasteiger partial charge in [0.1, 0.15) is 6.10 Å². The summed E-state index contributed by atoms with van der Waals surface area (Å²) in [4.78, 5) is 12.0. The molecular weight excluding hydrogens is 360 g/mol. The summed E-state index contributed by atoms with van der Waals surface area (Å²) < 4.78 is 11.7. The summed E-state index contributed by atoms with van der Waals surface area (Å²) >= 11 is 0. The summed E-state index contributed by atoms with van der Waals surface area (Å²) in [7, 11) is 0. The number of ether oxygens (including phenoxy) is 2. The van der Waals surface area contributed by atoms with Crippen LogP contribution in [0.25, 0.3) is 0 Å². The number of hydrogen-bond acceptors (Lipinski definition) is 3. The van der Waals surface area contributed by atoms with E-state index in [4.69, 9.17) is 9.47 Å². The first kappa shape index (κ1) is 26.5. The molecule has 1 fully saturated rings. The zero-order valence-corrected chi connectivity index (χ0v) is 19.9. The van der Waals surface area contributed by atoms with Gasteiger partial charge in [0, 0.05) is 0 Å². The molecule has 0 spiro atoms. The second-order valence-electron chi connectivity index (χ2n) is 9.17. The maximum Gasteiger partial charge on any atom is 0.335 e. The number of esters is 1. The van der Waals surface area contributed by atoms with Crippen LogP contribution in [0.2, 0.25) is 0 Å². The van der Waals surface area contributed by atoms with E-state index < -0.39 is 6.10 Å². The van der Waals surface area contributed by atoms with Gasteiger partial charge in [-0.25, -0.2) is 4.79 Å². The van der Waals surface area contributed by atoms with Crippen molar-refractivity contribution >= 4 is 5.97 Å². The lowest BCUT2D eigenvalue weighted by Crippen LogP contribution is -2.45. The second-order valence-corrected chi connectivity index (χ2v) is 9.17. The van der Waals surface area contributed by atoms with Crippen molar-refractivity contribution in [2.45, 2.75) is 161 Å². The molecule has 1 aliphatic heterocycles. The number of hydrogen-bond donors (Lipinski definition) is 0. The molecule has 1 aliphatic rings. The van der Waals surface area contributed by atoms with E-state index in [0.717, 1.165) is 19.3 Å². The summed E-state index contributed by atoms with van der Waals surface area (Å²) in [5.74, 6) is -0.169. The van der Waals surface area contributed by atoms with Crippen LogP contribution in [0, 0.1) is 0 Å². The summed E-state index contributed by atoms with van der Waals surface area (Å²) in [5.41, 5.74) is 0. The highest BCUT2D eigenvalue weighted by molar-refractivity contribution is 5.75. The minimum absolute atomic E-state index is 0.0205. The Morgan fingerprint density at radius 2 is 0.966 bits per heavy atom. The minimum atomic E-state index is -0.395. The first-order valence-electron chi connectivity index (χ1n) is 13.0. The van der Waals surface area contributed by atoms with Gasteiger partial charge < -0.3 is 9.47 Å². The number of cyclic esters (lactones) is 1. The lowest BCUT2D eigenvalue weighted by Gasteiger charge is -2.34. The SMILES string of the molecule is CCCCCCCCCCCCCC1OC(=O)C(C)OC1CCCCCCCC. The Labute approximate surface area is 181 Å². The number of unbranched alkanes of at least 4 members (excludes halogenated alkanes) is 15. The first-order chi connectivity index (χ1) is 14.2. The maximum atomic E-state index is 12.0. The van der Waals surface area contributed by atoms with Gasteiger partial charge in [0.15, 0.2) is 6.10 Å². The molecule has 29 heavy (non-hydrogen) atoms. The van der Waals surface area contributed by atoms with Crippen LogP contribution in [0.15, 0.2) is 0 Å². The van der Waals surface area contributed by atoms with Crippen molar-refractivity contribution in [3.8, 4) is 0 Å². The zero-order valence-electron chi connectivity index (χ0n) is 19.9. The van der Waals surface area contributed by atoms with Crippen LogP contribution < -0.4 is 0 Å². The van der Waals surface area contributed by atoms with E-state index in [1.54, 1.807) is 0 Å². The molecule has 0 aromatic heterocycles. The lowest BCUT2D eigenvalue weighted by molar-refractivity contribution is -0.199. The highest BCUT2D eigenvalue weighted by Gasteiger charge is 2.35. The number of carbonyl (C=O) groups excluding carboxylic acids is 1. The van der Waals surface area contributed by atoms with Crippen LogP contribution >= 0.6 is 0 Å². The smallest absolute Gasteiger partial charge is 0.335 e. The van der Waals surface area contributed by atoms with Gasteiger partial charge in [-0.3, -0.25) is 0 Å². The molecule has 3 nitrogen and oxygen atoms in total. The molecule has 3 heteroatoms. The average molecular weight is 411 g/mol. The Kier molecular flexibility index (Phi) is 16.6. The van der Waals surface area contributed by atoms with Crippen LogP contribution in [0.5, 0.6) is 0 Å². The van der Waals surface area contributed by atoms with Crippen molar-refractivity contribution in [3.63, 3.8) is 0 Å². The predicted octanol–water partition coefficient (Wildman–Crippen LogP) is 8.14. The molecule has 1 rings (SSSR count). The van der Waals surface area contributed by atoms with E-state index in [1.807, 2.05) is 6.92 Å². The molecule has 0 aromatic carbocycles. The molecule has 0 bridgehead atoms. The monoisotopic (exact) mass is 410 g/mol. The summed E-state index contributed by atoms with van der Waals surface area (Å²) in [5, 5.41) is 0. The largest absolute Gasteiger partial charge is 0.458 e. The van der Waals surface area contributed by atoms with E-state index >= 15 is 0 Å². The summed E-state index contributed by atoms with van der Waals surface area (Å²) in [6.07, 6.45) is 24.3. The summed E-state index contributed by atoms with van der Waals surface area (Å²) in [6, 6.07) is 0. The van der Waals surface area contributed by atoms with Gasteiger partial charge >= 0.3 is 5.97 Å². The quantitative estimate of drug-likeness (QED) is 0.159. The van der Waals surface area contributed by atoms with Crippen LogP contribution in [-0.2, 0) is 14.3 Å². The van der Waals surface area contributed by atoms with Gasteiger partial charge in [-0.05, 0) is 26.2 Å². The molecule has 0 radical (unpaired) electrons. The Bertz CT molecular complexity index is 382. The molecule has 3 atom stereocenters. The third-order valence-corrected chi connectivity index (χ3v) is 6.33. The maximum absolute atomic E-state index is 12.0. The fraction of sp³-hybridized carbons (Fsp3) is 0.962. The van der Waals surface area contributed by atoms with Crippen molar-refractivity contribution in [2.75, 3.05) is 0 Å². The summed E-state index contributed by atoms with van der Waals surface area (Å²) in [6.45, 7) is 6.36. The molecule has 3 unspecified atom stereocenters. The highest BCUT2D eigenvalue weighted by Crippen LogP contribution is 2.25. The van der Waals surface area contributed by atoms with Crippen molar-refractivity contribution in [3.05, 3.63) is 0 Å². The molecule has 0 aliphatic carbocycles. The van der Waals surface area contributed by atoms with Gasteiger partial charge in [-0.1, -0.05) is 117 Å². The van der Waals surface area contributed by atoms with Crippen molar-refractivity contribution in [2.24, 2.45) is 0 Å². The Morgan fingerprint density at radius 1 is 0.586 bits per heavy atom. The standard InChI is InChI=1S/C26H50O3/c1-4-6-8-10-12-13-14-15-16-18-20-22-25-24(28-23(3)26(27)29-25)21-19-17-11-9-7-5-2/h23-25H,4-22H2,1-3H3. The Morgan fingerprint density at radius 3 is 1.41 bits per heavy atom. The van der Waals surface area contributed by atoms with Gasteiger partial charge in [0.05, 0.1) is 6.10 Å². The normalized spacial score (nSPS) is 22.0. The van der Waals surface area contributed by atoms with E-state index in [-0.39, 0.29) is 18.2 Å². The van der Waals surface area contributed by atoms with Gasteiger partial charge in [0.2, 0.25) is 0 Å². The minimum Gasteiger partial charge on any atom is -0.458 e. The molecule has 0 aromatic rings. The fourth-order valence-electron chi connectivity index (χ4n) is 4.36. The Hall–Kier alpha value is -0.570. The van der Waals surface area contributed by atoms with E-state index in [1.165, 1.54) is 103 Å². The van der Waals surface area contributed by atoms with Crippen molar-refractivity contribution in [1.29, 1.82) is 0 Å². The van der Waals surface area contributed by atoms with Gasteiger partial charge in [0.25, 0.3) is 0 Å². The van der Waals surface area contributed by atoms with Crippen LogP contribution in [-0.4, -0.2) is 24.3 Å². The van der Waals surface area contributed by atoms with Crippen LogP contribution in [0.1, 0.15) is 143 Å². The molecule has 0 N–H and O–H groups in total. The van der Waals surface area contributed by atoms with E-state index in [2.05, 4.69) is 13.8 Å². The highest BCUT2D eigenvalue weighted by atomic mass is 16.6. The molecule has 172 valence electrons. The average Bonchev–Trinajstić information content (AvgIpc) is 2.71. The topological polar surface area (TPSA) is 35.5 Å². The van der Waals surface area contributed by atoms with Crippen LogP contribution in [0.4, 0.5) is 0 Å². The van der Waals surface area contributed by atoms with E-state index in [0.29, 0.717) is 0 Å². The van der Waals surface area contributed by atoms with Gasteiger partial charge in [-0.15, -0.1) is 0 Å². The third kappa shape index (κ3) is 13.4. The van der Waals surface area contributed by atoms with Crippen molar-refractivity contribution < 1.29 is 14.3 Å². The first-order valence-corrected chi connectivity index (χ1v) is 13.0. The molecule has 1 heterocycles. The molecule has 1 saturated heterocycles. The Balaban J connectivity index is 2.11. The zero-order chi connectivity index (χ0) is 21.2.